The number of amides is 1. The van der Waals surface area contributed by atoms with Gasteiger partial charge in [-0.2, -0.15) is 0 Å². The van der Waals surface area contributed by atoms with Crippen LogP contribution in [0.1, 0.15) is 12.0 Å². The molecular weight excluding hydrogens is 444 g/mol. The summed E-state index contributed by atoms with van der Waals surface area (Å²) in [7, 11) is 0. The maximum absolute atomic E-state index is 12.4. The zero-order chi connectivity index (χ0) is 23.2. The second-order valence-corrected chi connectivity index (χ2v) is 8.54. The number of carbonyl (C=O) groups is 1. The number of aromatic nitrogens is 3. The van der Waals surface area contributed by atoms with Crippen molar-refractivity contribution < 1.29 is 14.5 Å². The molecular formula is C22H24N6O4S. The number of nitro benzene ring substituents is 1. The second kappa shape index (κ2) is 10.5. The molecule has 4 rings (SSSR count). The lowest BCUT2D eigenvalue weighted by molar-refractivity contribution is -0.383. The van der Waals surface area contributed by atoms with Crippen LogP contribution in [-0.2, 0) is 9.53 Å². The van der Waals surface area contributed by atoms with E-state index in [-0.39, 0.29) is 23.7 Å². The molecule has 0 bridgehead atoms. The number of aryl methyl sites for hydroxylation is 1. The van der Waals surface area contributed by atoms with E-state index in [4.69, 9.17) is 4.74 Å². The van der Waals surface area contributed by atoms with Gasteiger partial charge in [0.1, 0.15) is 5.69 Å². The summed E-state index contributed by atoms with van der Waals surface area (Å²) in [4.78, 5) is 25.2. The van der Waals surface area contributed by atoms with Crippen LogP contribution < -0.4 is 10.2 Å². The van der Waals surface area contributed by atoms with Crippen molar-refractivity contribution in [1.29, 1.82) is 0 Å². The molecule has 2 heterocycles. The fourth-order valence-corrected chi connectivity index (χ4v) is 4.39. The number of nitrogens with one attached hydrogen (secondary N) is 1. The summed E-state index contributed by atoms with van der Waals surface area (Å²) in [6.07, 6.45) is 0.171. The summed E-state index contributed by atoms with van der Waals surface area (Å²) in [6.45, 7) is 4.76. The Balaban J connectivity index is 1.47. The number of hydrogen-bond acceptors (Lipinski definition) is 8. The number of benzene rings is 2. The predicted octanol–water partition coefficient (Wildman–Crippen LogP) is 3.44. The summed E-state index contributed by atoms with van der Waals surface area (Å²) < 4.78 is 7.47. The van der Waals surface area contributed by atoms with E-state index in [9.17, 15) is 14.9 Å². The third kappa shape index (κ3) is 5.49. The number of hydrogen-bond donors (Lipinski definition) is 1. The molecule has 1 amide bonds. The van der Waals surface area contributed by atoms with E-state index in [0.29, 0.717) is 24.1 Å². The average molecular weight is 469 g/mol. The van der Waals surface area contributed by atoms with Gasteiger partial charge in [0.15, 0.2) is 5.16 Å². The first-order chi connectivity index (χ1) is 16.0. The Bertz CT molecular complexity index is 1150. The lowest BCUT2D eigenvalue weighted by atomic mass is 10.2. The Morgan fingerprint density at radius 2 is 1.97 bits per heavy atom. The van der Waals surface area contributed by atoms with Gasteiger partial charge >= 0.3 is 0 Å². The van der Waals surface area contributed by atoms with Gasteiger partial charge in [-0.25, -0.2) is 0 Å². The topological polar surface area (TPSA) is 115 Å². The van der Waals surface area contributed by atoms with E-state index in [1.165, 1.54) is 23.9 Å². The number of ether oxygens (including phenoxy) is 1. The van der Waals surface area contributed by atoms with Crippen molar-refractivity contribution in [2.75, 3.05) is 42.3 Å². The number of nitrogens with zero attached hydrogens (tertiary/aromatic N) is 5. The maximum Gasteiger partial charge on any atom is 0.292 e. The smallest absolute Gasteiger partial charge is 0.292 e. The second-order valence-electron chi connectivity index (χ2n) is 7.48. The number of rotatable bonds is 8. The number of para-hydroxylation sites is 2. The summed E-state index contributed by atoms with van der Waals surface area (Å²) >= 11 is 1.42. The minimum Gasteiger partial charge on any atom is -0.378 e. The Labute approximate surface area is 195 Å². The van der Waals surface area contributed by atoms with Gasteiger partial charge in [0.2, 0.25) is 11.9 Å². The van der Waals surface area contributed by atoms with Crippen LogP contribution in [0.25, 0.3) is 5.69 Å². The first-order valence-electron chi connectivity index (χ1n) is 10.5. The molecule has 0 atom stereocenters. The average Bonchev–Trinajstić information content (AvgIpc) is 3.24. The standard InChI is InChI=1S/C22H24N6O4S/c1-16-5-4-6-17(15-16)27-21(26-10-12-32-13-11-26)24-25-22(27)33-14-9-20(29)23-18-7-2-3-8-19(18)28(30)31/h2-8,15H,9-14H2,1H3,(H,23,29). The van der Waals surface area contributed by atoms with Gasteiger partial charge in [-0.05, 0) is 30.7 Å². The number of anilines is 2. The van der Waals surface area contributed by atoms with Gasteiger partial charge in [-0.1, -0.05) is 36.0 Å². The van der Waals surface area contributed by atoms with E-state index in [0.717, 1.165) is 30.3 Å². The van der Waals surface area contributed by atoms with Crippen LogP contribution in [-0.4, -0.2) is 57.7 Å². The molecule has 1 aromatic heterocycles. The number of carbonyl (C=O) groups excluding carboxylic acids is 1. The van der Waals surface area contributed by atoms with E-state index < -0.39 is 4.92 Å². The Kier molecular flexibility index (Phi) is 7.20. The first-order valence-corrected chi connectivity index (χ1v) is 11.5. The molecule has 3 aromatic rings. The van der Waals surface area contributed by atoms with Crippen molar-refractivity contribution in [1.82, 2.24) is 14.8 Å². The number of morpholine rings is 1. The van der Waals surface area contributed by atoms with Gasteiger partial charge in [0.05, 0.1) is 23.8 Å². The van der Waals surface area contributed by atoms with Gasteiger partial charge < -0.3 is 15.0 Å². The molecule has 1 saturated heterocycles. The minimum atomic E-state index is -0.512. The normalized spacial score (nSPS) is 13.7. The van der Waals surface area contributed by atoms with Crippen LogP contribution in [0.3, 0.4) is 0 Å². The third-order valence-electron chi connectivity index (χ3n) is 5.11. The Hall–Kier alpha value is -3.44. The number of thioether (sulfide) groups is 1. The highest BCUT2D eigenvalue weighted by molar-refractivity contribution is 7.99. The van der Waals surface area contributed by atoms with Crippen molar-refractivity contribution >= 4 is 35.0 Å². The van der Waals surface area contributed by atoms with E-state index in [2.05, 4.69) is 26.5 Å². The fraction of sp³-hybridized carbons (Fsp3) is 0.318. The van der Waals surface area contributed by atoms with Crippen LogP contribution >= 0.6 is 11.8 Å². The monoisotopic (exact) mass is 468 g/mol. The Morgan fingerprint density at radius 3 is 2.73 bits per heavy atom. The van der Waals surface area contributed by atoms with Crippen molar-refractivity contribution in [3.05, 3.63) is 64.2 Å². The molecule has 172 valence electrons. The van der Waals surface area contributed by atoms with Crippen LogP contribution in [0.2, 0.25) is 0 Å². The molecule has 1 fully saturated rings. The van der Waals surface area contributed by atoms with Crippen molar-refractivity contribution in [2.24, 2.45) is 0 Å². The maximum atomic E-state index is 12.4. The molecule has 11 heteroatoms. The quantitative estimate of drug-likeness (QED) is 0.304. The molecule has 1 aliphatic rings. The zero-order valence-corrected chi connectivity index (χ0v) is 19.0. The third-order valence-corrected chi connectivity index (χ3v) is 6.04. The summed E-state index contributed by atoms with van der Waals surface area (Å²) in [5.41, 5.74) is 2.13. The molecule has 0 aliphatic carbocycles. The predicted molar refractivity (Wildman–Crippen MR) is 126 cm³/mol. The summed E-state index contributed by atoms with van der Waals surface area (Å²) in [5.74, 6) is 0.891. The van der Waals surface area contributed by atoms with Crippen molar-refractivity contribution in [3.63, 3.8) is 0 Å². The molecule has 1 aliphatic heterocycles. The van der Waals surface area contributed by atoms with Crippen molar-refractivity contribution in [3.8, 4) is 5.69 Å². The summed E-state index contributed by atoms with van der Waals surface area (Å²) in [5, 5.41) is 23.3. The molecule has 0 saturated carbocycles. The van der Waals surface area contributed by atoms with Crippen LogP contribution in [0.4, 0.5) is 17.3 Å². The largest absolute Gasteiger partial charge is 0.378 e. The highest BCUT2D eigenvalue weighted by Gasteiger charge is 2.22. The molecule has 10 nitrogen and oxygen atoms in total. The minimum absolute atomic E-state index is 0.132. The van der Waals surface area contributed by atoms with Gasteiger partial charge in [-0.15, -0.1) is 10.2 Å². The van der Waals surface area contributed by atoms with Gasteiger partial charge in [-0.3, -0.25) is 19.5 Å². The van der Waals surface area contributed by atoms with Crippen LogP contribution in [0.15, 0.2) is 53.7 Å². The fourth-order valence-electron chi connectivity index (χ4n) is 3.50. The van der Waals surface area contributed by atoms with Crippen LogP contribution in [0.5, 0.6) is 0 Å². The molecule has 0 spiro atoms. The number of nitro groups is 1. The molecule has 0 unspecified atom stereocenters. The first kappa shape index (κ1) is 22.7. The van der Waals surface area contributed by atoms with E-state index in [1.807, 2.05) is 29.7 Å². The van der Waals surface area contributed by atoms with E-state index >= 15 is 0 Å². The van der Waals surface area contributed by atoms with Crippen molar-refractivity contribution in [2.45, 2.75) is 18.5 Å². The van der Waals surface area contributed by atoms with Crippen LogP contribution in [0, 0.1) is 17.0 Å². The SMILES string of the molecule is Cc1cccc(-n2c(SCCC(=O)Nc3ccccc3[N+](=O)[O-])nnc2N2CCOCC2)c1. The lowest BCUT2D eigenvalue weighted by Crippen LogP contribution is -2.37. The molecule has 0 radical (unpaired) electrons. The lowest BCUT2D eigenvalue weighted by Gasteiger charge is -2.28. The highest BCUT2D eigenvalue weighted by atomic mass is 32.2. The molecule has 2 aromatic carbocycles. The zero-order valence-electron chi connectivity index (χ0n) is 18.1. The van der Waals surface area contributed by atoms with E-state index in [1.54, 1.807) is 12.1 Å². The van der Waals surface area contributed by atoms with Gasteiger partial charge in [0, 0.05) is 31.3 Å². The molecule has 1 N–H and O–H groups in total. The molecule has 33 heavy (non-hydrogen) atoms. The Morgan fingerprint density at radius 1 is 1.18 bits per heavy atom. The highest BCUT2D eigenvalue weighted by Crippen LogP contribution is 2.28. The summed E-state index contributed by atoms with van der Waals surface area (Å²) in [6, 6.07) is 14.2. The van der Waals surface area contributed by atoms with Gasteiger partial charge in [0.25, 0.3) is 5.69 Å².